The van der Waals surface area contributed by atoms with E-state index in [9.17, 15) is 9.90 Å². The maximum atomic E-state index is 9.32. The molecule has 0 heterocycles. The van der Waals surface area contributed by atoms with Crippen LogP contribution in [0, 0.1) is 10.1 Å². The minimum atomic E-state index is -1.50. The molecular formula is C2H12Cl2CoN6O5-3. The van der Waals surface area contributed by atoms with Crippen molar-refractivity contribution < 1.29 is 37.0 Å². The van der Waals surface area contributed by atoms with E-state index >= 15 is 0 Å². The number of alkyl halides is 2. The standard InChI is InChI=1S/C2H2Cl2O2.Co.HNO3.5H2N/c3-1(4)2(5)6;;2-1(3)4;;;;;/h1H,(H,5,6);;(H,2,3,4);5*1H2/q;+3;;5*-1/p-1. The second-order valence-electron chi connectivity index (χ2n) is 0.858. The largest absolute Gasteiger partial charge is 3.00 e. The molecule has 0 saturated heterocycles. The van der Waals surface area contributed by atoms with E-state index in [2.05, 4.69) is 0 Å². The Morgan fingerprint density at radius 1 is 1.12 bits per heavy atom. The van der Waals surface area contributed by atoms with Crippen LogP contribution in [0.1, 0.15) is 0 Å². The fraction of sp³-hybridized carbons (Fsp3) is 0.500. The van der Waals surface area contributed by atoms with E-state index in [1.807, 2.05) is 0 Å². The number of nitrogens with two attached hydrogens (primary N) is 5. The number of nitrogens with zero attached hydrogens (tertiary/aromatic N) is 1. The molecule has 0 atom stereocenters. The molecular weight excluding hydrogens is 318 g/mol. The van der Waals surface area contributed by atoms with Gasteiger partial charge in [-0.25, -0.2) is 0 Å². The number of carboxylic acid groups (broad SMARTS) is 1. The summed E-state index contributed by atoms with van der Waals surface area (Å²) in [6, 6.07) is 0. The summed E-state index contributed by atoms with van der Waals surface area (Å²) in [5.74, 6) is -1.46. The summed E-state index contributed by atoms with van der Waals surface area (Å²) < 4.78 is 0. The predicted molar refractivity (Wildman–Crippen MR) is 55.7 cm³/mol. The normalized spacial score (nSPS) is 4.94. The van der Waals surface area contributed by atoms with E-state index < -0.39 is 15.9 Å². The number of hydrogen-bond acceptors (Lipinski definition) is 4. The number of carbonyl (C=O) groups excluding carboxylic acids is 1. The molecule has 0 aliphatic rings. The first kappa shape index (κ1) is 57.7. The van der Waals surface area contributed by atoms with Crippen molar-refractivity contribution in [3.8, 4) is 0 Å². The van der Waals surface area contributed by atoms with Crippen LogP contribution >= 0.6 is 23.2 Å². The van der Waals surface area contributed by atoms with Gasteiger partial charge in [0.1, 0.15) is 4.84 Å². The van der Waals surface area contributed by atoms with Crippen molar-refractivity contribution in [2.24, 2.45) is 0 Å². The van der Waals surface area contributed by atoms with Crippen LogP contribution in [0.3, 0.4) is 0 Å². The van der Waals surface area contributed by atoms with Gasteiger partial charge in [0.2, 0.25) is 0 Å². The van der Waals surface area contributed by atoms with Gasteiger partial charge in [-0.3, -0.25) is 0 Å². The molecule has 0 radical (unpaired) electrons. The van der Waals surface area contributed by atoms with Crippen molar-refractivity contribution in [3.05, 3.63) is 40.9 Å². The smallest absolute Gasteiger partial charge is 0.693 e. The van der Waals surface area contributed by atoms with Crippen LogP contribution < -0.4 is 5.11 Å². The molecule has 0 unspecified atom stereocenters. The van der Waals surface area contributed by atoms with E-state index in [0.717, 1.165) is 0 Å². The van der Waals surface area contributed by atoms with Crippen molar-refractivity contribution >= 4 is 29.2 Å². The summed E-state index contributed by atoms with van der Waals surface area (Å²) in [5.41, 5.74) is 0. The predicted octanol–water partition coefficient (Wildman–Crippen LogP) is 2.78. The number of hydrogen-bond donors (Lipinski definition) is 1. The molecule has 11 nitrogen and oxygen atoms in total. The van der Waals surface area contributed by atoms with E-state index in [0.29, 0.717) is 0 Å². The van der Waals surface area contributed by atoms with Crippen LogP contribution in [0.25, 0.3) is 30.8 Å². The Hall–Kier alpha value is -0.444. The maximum Gasteiger partial charge on any atom is 3.00 e. The van der Waals surface area contributed by atoms with Crippen molar-refractivity contribution in [1.82, 2.24) is 0 Å². The van der Waals surface area contributed by atoms with Gasteiger partial charge in [0, 0.05) is 0 Å². The number of halogens is 2. The molecule has 11 N–H and O–H groups in total. The van der Waals surface area contributed by atoms with Crippen LogP contribution in [0.5, 0.6) is 0 Å². The summed E-state index contributed by atoms with van der Waals surface area (Å²) in [7, 11) is 0. The Kier molecular flexibility index (Phi) is 132. The van der Waals surface area contributed by atoms with Gasteiger partial charge in [-0.05, 0) is 0 Å². The second-order valence-corrected chi connectivity index (χ2v) is 1.95. The molecule has 0 aromatic carbocycles. The fourth-order valence-electron chi connectivity index (χ4n) is 0. The van der Waals surface area contributed by atoms with E-state index in [1.165, 1.54) is 0 Å². The van der Waals surface area contributed by atoms with Gasteiger partial charge in [-0.15, -0.1) is 10.1 Å². The second kappa shape index (κ2) is 36.5. The third-order valence-corrected chi connectivity index (χ3v) is 0.535. The van der Waals surface area contributed by atoms with Crippen molar-refractivity contribution in [3.63, 3.8) is 0 Å². The average molecular weight is 330 g/mol. The van der Waals surface area contributed by atoms with Crippen LogP contribution in [-0.4, -0.2) is 21.1 Å². The first-order valence-corrected chi connectivity index (χ1v) is 2.57. The van der Waals surface area contributed by atoms with Crippen LogP contribution in [0.15, 0.2) is 0 Å². The molecule has 0 aliphatic carbocycles. The van der Waals surface area contributed by atoms with Crippen LogP contribution in [-0.2, 0) is 21.6 Å². The third kappa shape index (κ3) is 169. The molecule has 0 rings (SSSR count). The molecule has 0 amide bonds. The Morgan fingerprint density at radius 3 is 1.19 bits per heavy atom. The van der Waals surface area contributed by atoms with E-state index in [1.54, 1.807) is 0 Å². The van der Waals surface area contributed by atoms with E-state index in [-0.39, 0.29) is 47.5 Å². The summed E-state index contributed by atoms with van der Waals surface area (Å²) in [6.45, 7) is 0. The molecule has 0 aromatic rings. The van der Waals surface area contributed by atoms with Gasteiger partial charge in [-0.1, -0.05) is 23.2 Å². The zero-order valence-corrected chi connectivity index (χ0v) is 10.1. The molecule has 0 fully saturated rings. The zero-order valence-electron chi connectivity index (χ0n) is 7.58. The van der Waals surface area contributed by atoms with Crippen molar-refractivity contribution in [2.45, 2.75) is 4.84 Å². The van der Waals surface area contributed by atoms with Gasteiger partial charge >= 0.3 is 16.8 Å². The molecule has 16 heavy (non-hydrogen) atoms. The van der Waals surface area contributed by atoms with Gasteiger partial charge in [0.15, 0.2) is 0 Å². The number of carbonyl (C=O) groups is 1. The molecule has 0 saturated carbocycles. The first-order valence-electron chi connectivity index (χ1n) is 1.70. The minimum Gasteiger partial charge on any atom is -0.693 e. The maximum absolute atomic E-state index is 9.32. The van der Waals surface area contributed by atoms with Crippen molar-refractivity contribution in [2.75, 3.05) is 0 Å². The molecule has 14 heteroatoms. The minimum absolute atomic E-state index is 0. The molecule has 0 aliphatic heterocycles. The van der Waals surface area contributed by atoms with Gasteiger partial charge in [0.25, 0.3) is 5.09 Å². The molecule has 0 bridgehead atoms. The number of aliphatic carboxylic acids is 1. The van der Waals surface area contributed by atoms with Gasteiger partial charge in [0.05, 0.1) is 5.97 Å². The number of rotatable bonds is 1. The van der Waals surface area contributed by atoms with Crippen LogP contribution in [0.2, 0.25) is 0 Å². The van der Waals surface area contributed by atoms with Crippen LogP contribution in [0.4, 0.5) is 0 Å². The topological polar surface area (TPSA) is 271 Å². The summed E-state index contributed by atoms with van der Waals surface area (Å²) in [4.78, 5) is 16.3. The molecule has 0 aromatic heterocycles. The summed E-state index contributed by atoms with van der Waals surface area (Å²) in [6.07, 6.45) is 0. The third-order valence-electron chi connectivity index (χ3n) is 0.178. The van der Waals surface area contributed by atoms with Gasteiger partial charge in [-0.2, -0.15) is 0 Å². The Morgan fingerprint density at radius 2 is 1.19 bits per heavy atom. The van der Waals surface area contributed by atoms with Gasteiger partial charge < -0.3 is 45.9 Å². The fourth-order valence-corrected chi connectivity index (χ4v) is 0. The SMILES string of the molecule is O=C([O-])C(Cl)Cl.O=[N+]([O-])O.[Co+3].[NH2-].[NH2-].[NH2-].[NH2-].[NH2-]. The quantitative estimate of drug-likeness (QED) is 0.429. The van der Waals surface area contributed by atoms with E-state index in [4.69, 9.17) is 38.5 Å². The Bertz CT molecular complexity index is 136. The first-order chi connectivity index (χ1) is 4.37. The molecule has 106 valence electrons. The summed E-state index contributed by atoms with van der Waals surface area (Å²) in [5, 5.41) is 23.0. The Labute approximate surface area is 112 Å². The molecule has 0 spiro atoms. The van der Waals surface area contributed by atoms with Crippen molar-refractivity contribution in [1.29, 1.82) is 0 Å². The number of carboxylic acids is 1. The zero-order chi connectivity index (χ0) is 8.73. The monoisotopic (exact) mass is 329 g/mol. The average Bonchev–Trinajstić information content (AvgIpc) is 1.63. The Balaban J connectivity index is -0.00000001000. The summed E-state index contributed by atoms with van der Waals surface area (Å²) >= 11 is 9.43.